The minimum absolute atomic E-state index is 0.293. The summed E-state index contributed by atoms with van der Waals surface area (Å²) >= 11 is 4.36. The zero-order valence-electron chi connectivity index (χ0n) is 9.34. The normalized spacial score (nSPS) is 10.2. The molecule has 2 rings (SSSR count). The lowest BCUT2D eigenvalue weighted by molar-refractivity contribution is 0.105. The number of carbonyl (C=O) groups is 1. The lowest BCUT2D eigenvalue weighted by Crippen LogP contribution is -2.10. The quantitative estimate of drug-likeness (QED) is 0.500. The molecule has 2 aromatic carbocycles. The minimum Gasteiger partial charge on any atom is -0.434 e. The Morgan fingerprint density at radius 1 is 1.18 bits per heavy atom. The van der Waals surface area contributed by atoms with Crippen LogP contribution in [0.15, 0.2) is 41.3 Å². The molecule has 0 fully saturated rings. The van der Waals surface area contributed by atoms with Gasteiger partial charge in [0.05, 0.1) is 6.61 Å². The summed E-state index contributed by atoms with van der Waals surface area (Å²) in [6.45, 7) is 2.03. The van der Waals surface area contributed by atoms with Gasteiger partial charge in [0.1, 0.15) is 5.75 Å². The summed E-state index contributed by atoms with van der Waals surface area (Å²) in [5.41, 5.74) is 0. The molecule has 2 aromatic rings. The molecule has 0 aliphatic rings. The average Bonchev–Trinajstić information content (AvgIpc) is 2.31. The number of fused-ring (bicyclic) bond motifs is 1. The van der Waals surface area contributed by atoms with Crippen molar-refractivity contribution >= 4 is 29.6 Å². The monoisotopic (exact) mass is 248 g/mol. The van der Waals surface area contributed by atoms with E-state index in [2.05, 4.69) is 12.6 Å². The van der Waals surface area contributed by atoms with Gasteiger partial charge in [0, 0.05) is 10.3 Å². The topological polar surface area (TPSA) is 35.5 Å². The molecule has 0 aliphatic carbocycles. The second-order valence-corrected chi connectivity index (χ2v) is 3.90. The van der Waals surface area contributed by atoms with E-state index in [4.69, 9.17) is 9.47 Å². The van der Waals surface area contributed by atoms with Gasteiger partial charge in [-0.1, -0.05) is 24.3 Å². The third kappa shape index (κ3) is 2.53. The predicted octanol–water partition coefficient (Wildman–Crippen LogP) is 3.66. The van der Waals surface area contributed by atoms with Gasteiger partial charge in [-0.05, 0) is 24.4 Å². The van der Waals surface area contributed by atoms with E-state index in [9.17, 15) is 4.79 Å². The molecule has 3 nitrogen and oxygen atoms in total. The highest BCUT2D eigenvalue weighted by Crippen LogP contribution is 2.29. The largest absolute Gasteiger partial charge is 0.513 e. The predicted molar refractivity (Wildman–Crippen MR) is 68.9 cm³/mol. The van der Waals surface area contributed by atoms with Crippen LogP contribution >= 0.6 is 12.6 Å². The van der Waals surface area contributed by atoms with Crippen LogP contribution in [0.3, 0.4) is 0 Å². The average molecular weight is 248 g/mol. The SMILES string of the molecule is CCOC(=O)Oc1cccc2c(S)cccc12. The van der Waals surface area contributed by atoms with Crippen molar-refractivity contribution in [2.75, 3.05) is 6.61 Å². The van der Waals surface area contributed by atoms with E-state index in [-0.39, 0.29) is 0 Å². The van der Waals surface area contributed by atoms with Gasteiger partial charge in [-0.25, -0.2) is 4.79 Å². The van der Waals surface area contributed by atoms with Crippen molar-refractivity contribution < 1.29 is 14.3 Å². The number of ether oxygens (including phenoxy) is 2. The third-order valence-electron chi connectivity index (χ3n) is 2.31. The molecule has 0 saturated carbocycles. The second-order valence-electron chi connectivity index (χ2n) is 3.41. The van der Waals surface area contributed by atoms with Crippen molar-refractivity contribution in [2.45, 2.75) is 11.8 Å². The molecule has 0 radical (unpaired) electrons. The van der Waals surface area contributed by atoms with Crippen LogP contribution in [0, 0.1) is 0 Å². The van der Waals surface area contributed by atoms with Gasteiger partial charge >= 0.3 is 6.16 Å². The molecule has 0 N–H and O–H groups in total. The summed E-state index contributed by atoms with van der Waals surface area (Å²) in [5, 5.41) is 1.78. The van der Waals surface area contributed by atoms with Gasteiger partial charge < -0.3 is 9.47 Å². The van der Waals surface area contributed by atoms with Gasteiger partial charge in [-0.2, -0.15) is 0 Å². The Morgan fingerprint density at radius 3 is 2.65 bits per heavy atom. The summed E-state index contributed by atoms with van der Waals surface area (Å²) in [6.07, 6.45) is -0.690. The second kappa shape index (κ2) is 5.10. The number of rotatable bonds is 2. The Balaban J connectivity index is 2.41. The summed E-state index contributed by atoms with van der Waals surface area (Å²) < 4.78 is 9.87. The van der Waals surface area contributed by atoms with E-state index < -0.39 is 6.16 Å². The number of hydrogen-bond acceptors (Lipinski definition) is 4. The molecule has 0 aromatic heterocycles. The Labute approximate surface area is 105 Å². The molecular weight excluding hydrogens is 236 g/mol. The molecule has 4 heteroatoms. The maximum atomic E-state index is 11.3. The highest BCUT2D eigenvalue weighted by atomic mass is 32.1. The van der Waals surface area contributed by atoms with Gasteiger partial charge in [0.15, 0.2) is 0 Å². The van der Waals surface area contributed by atoms with Crippen molar-refractivity contribution in [3.63, 3.8) is 0 Å². The van der Waals surface area contributed by atoms with Crippen molar-refractivity contribution in [3.8, 4) is 5.75 Å². The number of carbonyl (C=O) groups excluding carboxylic acids is 1. The lowest BCUT2D eigenvalue weighted by atomic mass is 10.1. The van der Waals surface area contributed by atoms with E-state index in [1.165, 1.54) is 0 Å². The van der Waals surface area contributed by atoms with Gasteiger partial charge in [0.25, 0.3) is 0 Å². The Bertz CT molecular complexity index is 551. The van der Waals surface area contributed by atoms with E-state index in [1.807, 2.05) is 30.3 Å². The van der Waals surface area contributed by atoms with Crippen LogP contribution in [0.5, 0.6) is 5.75 Å². The van der Waals surface area contributed by atoms with Gasteiger partial charge in [-0.15, -0.1) is 12.6 Å². The third-order valence-corrected chi connectivity index (χ3v) is 2.70. The fraction of sp³-hybridized carbons (Fsp3) is 0.154. The highest BCUT2D eigenvalue weighted by Gasteiger charge is 2.09. The zero-order valence-corrected chi connectivity index (χ0v) is 10.2. The minimum atomic E-state index is -0.690. The first kappa shape index (κ1) is 11.8. The maximum Gasteiger partial charge on any atom is 0.513 e. The molecule has 0 unspecified atom stereocenters. The Hall–Kier alpha value is -1.68. The molecule has 0 amide bonds. The number of hydrogen-bond donors (Lipinski definition) is 1. The molecule has 0 aliphatic heterocycles. The molecule has 0 heterocycles. The van der Waals surface area contributed by atoms with E-state index in [0.29, 0.717) is 12.4 Å². The maximum absolute atomic E-state index is 11.3. The zero-order chi connectivity index (χ0) is 12.3. The van der Waals surface area contributed by atoms with Crippen LogP contribution in [0.4, 0.5) is 4.79 Å². The van der Waals surface area contributed by atoms with Crippen molar-refractivity contribution in [1.29, 1.82) is 0 Å². The van der Waals surface area contributed by atoms with E-state index in [0.717, 1.165) is 15.7 Å². The van der Waals surface area contributed by atoms with Crippen molar-refractivity contribution in [1.82, 2.24) is 0 Å². The first-order valence-electron chi connectivity index (χ1n) is 5.27. The van der Waals surface area contributed by atoms with E-state index in [1.54, 1.807) is 13.0 Å². The molecule has 17 heavy (non-hydrogen) atoms. The fourth-order valence-corrected chi connectivity index (χ4v) is 1.87. The van der Waals surface area contributed by atoms with Crippen LogP contribution in [0.1, 0.15) is 6.92 Å². The summed E-state index contributed by atoms with van der Waals surface area (Å²) in [4.78, 5) is 12.1. The van der Waals surface area contributed by atoms with Crippen LogP contribution in [-0.4, -0.2) is 12.8 Å². The number of thiol groups is 1. The molecule has 0 saturated heterocycles. The molecule has 0 bridgehead atoms. The summed E-state index contributed by atoms with van der Waals surface area (Å²) in [5.74, 6) is 0.483. The van der Waals surface area contributed by atoms with Crippen LogP contribution in [-0.2, 0) is 4.74 Å². The van der Waals surface area contributed by atoms with Crippen LogP contribution in [0.2, 0.25) is 0 Å². The lowest BCUT2D eigenvalue weighted by Gasteiger charge is -2.08. The smallest absolute Gasteiger partial charge is 0.434 e. The Kier molecular flexibility index (Phi) is 3.54. The molecule has 88 valence electrons. The number of benzene rings is 2. The molecule has 0 atom stereocenters. The standard InChI is InChI=1S/C13H12O3S/c1-2-15-13(14)16-11-7-3-6-10-9(11)5-4-8-12(10)17/h3-8,17H,2H2,1H3. The van der Waals surface area contributed by atoms with Crippen LogP contribution < -0.4 is 4.74 Å². The van der Waals surface area contributed by atoms with Crippen molar-refractivity contribution in [2.24, 2.45) is 0 Å². The van der Waals surface area contributed by atoms with Crippen molar-refractivity contribution in [3.05, 3.63) is 36.4 Å². The van der Waals surface area contributed by atoms with Gasteiger partial charge in [0.2, 0.25) is 0 Å². The summed E-state index contributed by atoms with van der Waals surface area (Å²) in [6, 6.07) is 11.1. The Morgan fingerprint density at radius 2 is 1.88 bits per heavy atom. The molecule has 0 spiro atoms. The highest BCUT2D eigenvalue weighted by molar-refractivity contribution is 7.80. The fourth-order valence-electron chi connectivity index (χ4n) is 1.59. The first-order valence-corrected chi connectivity index (χ1v) is 5.72. The van der Waals surface area contributed by atoms with Crippen LogP contribution in [0.25, 0.3) is 10.8 Å². The first-order chi connectivity index (χ1) is 8.22. The van der Waals surface area contributed by atoms with E-state index >= 15 is 0 Å². The van der Waals surface area contributed by atoms with Gasteiger partial charge in [-0.3, -0.25) is 0 Å². The molecular formula is C13H12O3S. The summed E-state index contributed by atoms with van der Waals surface area (Å²) in [7, 11) is 0.